The van der Waals surface area contributed by atoms with Crippen LogP contribution >= 0.6 is 0 Å². The van der Waals surface area contributed by atoms with Gasteiger partial charge in [-0.15, -0.1) is 0 Å². The molecule has 0 unspecified atom stereocenters. The monoisotopic (exact) mass is 368 g/mol. The van der Waals surface area contributed by atoms with Gasteiger partial charge in [-0.05, 0) is 12.1 Å². The molecule has 1 amide bonds. The SMILES string of the molecule is O=C(COC(=O)c1n[nH]c(=O)c2ccccc12)Nc1ccccc1[N+](=O)[O-]. The molecule has 136 valence electrons. The Balaban J connectivity index is 1.72. The molecule has 0 saturated carbocycles. The van der Waals surface area contributed by atoms with Gasteiger partial charge in [0.2, 0.25) is 0 Å². The van der Waals surface area contributed by atoms with Crippen molar-refractivity contribution >= 4 is 34.0 Å². The van der Waals surface area contributed by atoms with Crippen molar-refractivity contribution in [2.45, 2.75) is 0 Å². The van der Waals surface area contributed by atoms with Gasteiger partial charge in [0.1, 0.15) is 5.69 Å². The first-order chi connectivity index (χ1) is 13.0. The zero-order valence-corrected chi connectivity index (χ0v) is 13.7. The molecular weight excluding hydrogens is 356 g/mol. The van der Waals surface area contributed by atoms with E-state index in [2.05, 4.69) is 15.5 Å². The summed E-state index contributed by atoms with van der Waals surface area (Å²) in [4.78, 5) is 46.2. The number of carbonyl (C=O) groups excluding carboxylic acids is 2. The van der Waals surface area contributed by atoms with Crippen LogP contribution in [0.5, 0.6) is 0 Å². The van der Waals surface area contributed by atoms with Crippen LogP contribution in [0, 0.1) is 10.1 Å². The number of nitro groups is 1. The highest BCUT2D eigenvalue weighted by Crippen LogP contribution is 2.23. The fourth-order valence-electron chi connectivity index (χ4n) is 2.39. The van der Waals surface area contributed by atoms with E-state index in [0.717, 1.165) is 0 Å². The first kappa shape index (κ1) is 17.7. The minimum Gasteiger partial charge on any atom is -0.451 e. The third-order valence-electron chi connectivity index (χ3n) is 3.60. The molecule has 0 aliphatic heterocycles. The van der Waals surface area contributed by atoms with Crippen molar-refractivity contribution < 1.29 is 19.2 Å². The van der Waals surface area contributed by atoms with E-state index < -0.39 is 29.0 Å². The van der Waals surface area contributed by atoms with Gasteiger partial charge in [-0.1, -0.05) is 30.3 Å². The number of para-hydroxylation sites is 2. The lowest BCUT2D eigenvalue weighted by atomic mass is 10.1. The lowest BCUT2D eigenvalue weighted by Gasteiger charge is -2.07. The zero-order valence-electron chi connectivity index (χ0n) is 13.7. The molecule has 0 spiro atoms. The molecule has 27 heavy (non-hydrogen) atoms. The molecule has 1 aromatic heterocycles. The van der Waals surface area contributed by atoms with Crippen LogP contribution in [0.4, 0.5) is 11.4 Å². The number of amides is 1. The number of esters is 1. The number of benzene rings is 2. The molecule has 0 atom stereocenters. The summed E-state index contributed by atoms with van der Waals surface area (Å²) in [6.07, 6.45) is 0. The quantitative estimate of drug-likeness (QED) is 0.395. The van der Waals surface area contributed by atoms with E-state index in [1.807, 2.05) is 0 Å². The second kappa shape index (κ2) is 7.44. The molecule has 0 radical (unpaired) electrons. The topological polar surface area (TPSA) is 144 Å². The summed E-state index contributed by atoms with van der Waals surface area (Å²) >= 11 is 0. The molecule has 0 bridgehead atoms. The van der Waals surface area contributed by atoms with Gasteiger partial charge in [0.05, 0.1) is 10.3 Å². The van der Waals surface area contributed by atoms with Gasteiger partial charge >= 0.3 is 5.97 Å². The van der Waals surface area contributed by atoms with Crippen LogP contribution in [0.15, 0.2) is 53.3 Å². The van der Waals surface area contributed by atoms with Crippen molar-refractivity contribution in [1.82, 2.24) is 10.2 Å². The maximum absolute atomic E-state index is 12.2. The molecule has 1 heterocycles. The van der Waals surface area contributed by atoms with E-state index in [1.165, 1.54) is 36.4 Å². The number of fused-ring (bicyclic) bond motifs is 1. The van der Waals surface area contributed by atoms with Crippen molar-refractivity contribution in [2.75, 3.05) is 11.9 Å². The number of ether oxygens (including phenoxy) is 1. The Kier molecular flexibility index (Phi) is 4.88. The number of hydrogen-bond donors (Lipinski definition) is 2. The number of nitrogens with zero attached hydrogens (tertiary/aromatic N) is 2. The van der Waals surface area contributed by atoms with E-state index in [9.17, 15) is 24.5 Å². The number of aromatic amines is 1. The van der Waals surface area contributed by atoms with E-state index >= 15 is 0 Å². The van der Waals surface area contributed by atoms with Gasteiger partial charge in [0.25, 0.3) is 17.2 Å². The number of H-pyrrole nitrogens is 1. The number of hydrogen-bond acceptors (Lipinski definition) is 7. The number of carbonyl (C=O) groups is 2. The zero-order chi connectivity index (χ0) is 19.4. The summed E-state index contributed by atoms with van der Waals surface area (Å²) in [5, 5.41) is 19.6. The Morgan fingerprint density at radius 3 is 2.52 bits per heavy atom. The van der Waals surface area contributed by atoms with E-state index in [1.54, 1.807) is 12.1 Å². The maximum Gasteiger partial charge on any atom is 0.359 e. The minimum absolute atomic E-state index is 0.0174. The second-order valence-electron chi connectivity index (χ2n) is 5.35. The van der Waals surface area contributed by atoms with E-state index in [4.69, 9.17) is 4.74 Å². The van der Waals surface area contributed by atoms with Crippen molar-refractivity contribution in [1.29, 1.82) is 0 Å². The molecule has 0 saturated heterocycles. The average Bonchev–Trinajstić information content (AvgIpc) is 2.67. The van der Waals surface area contributed by atoms with Crippen molar-refractivity contribution in [3.05, 3.63) is 74.7 Å². The van der Waals surface area contributed by atoms with Gasteiger partial charge in [0.15, 0.2) is 12.3 Å². The van der Waals surface area contributed by atoms with E-state index in [0.29, 0.717) is 0 Å². The fourth-order valence-corrected chi connectivity index (χ4v) is 2.39. The van der Waals surface area contributed by atoms with E-state index in [-0.39, 0.29) is 27.8 Å². The molecule has 2 aromatic carbocycles. The minimum atomic E-state index is -0.917. The van der Waals surface area contributed by atoms with Gasteiger partial charge < -0.3 is 10.1 Å². The number of aromatic nitrogens is 2. The molecule has 10 heteroatoms. The van der Waals surface area contributed by atoms with Crippen LogP contribution in [-0.4, -0.2) is 33.6 Å². The Labute approximate surface area is 150 Å². The fraction of sp³-hybridized carbons (Fsp3) is 0.0588. The predicted molar refractivity (Wildman–Crippen MR) is 94.4 cm³/mol. The molecular formula is C17H12N4O6. The summed E-state index contributed by atoms with van der Waals surface area (Å²) in [5.41, 5.74) is -0.915. The summed E-state index contributed by atoms with van der Waals surface area (Å²) < 4.78 is 4.91. The highest BCUT2D eigenvalue weighted by Gasteiger charge is 2.18. The van der Waals surface area contributed by atoms with Crippen LogP contribution in [0.3, 0.4) is 0 Å². The van der Waals surface area contributed by atoms with Gasteiger partial charge in [-0.3, -0.25) is 19.7 Å². The lowest BCUT2D eigenvalue weighted by Crippen LogP contribution is -2.23. The van der Waals surface area contributed by atoms with Crippen LogP contribution in [-0.2, 0) is 9.53 Å². The van der Waals surface area contributed by atoms with Crippen LogP contribution in [0.1, 0.15) is 10.5 Å². The standard InChI is InChI=1S/C17H12N4O6/c22-14(18-12-7-3-4-8-13(12)21(25)26)9-27-17(24)15-10-5-1-2-6-11(10)16(23)20-19-15/h1-8H,9H2,(H,18,22)(H,20,23). The van der Waals surface area contributed by atoms with Gasteiger partial charge in [0, 0.05) is 11.5 Å². The second-order valence-corrected chi connectivity index (χ2v) is 5.35. The average molecular weight is 368 g/mol. The van der Waals surface area contributed by atoms with Gasteiger partial charge in [-0.2, -0.15) is 5.10 Å². The largest absolute Gasteiger partial charge is 0.451 e. The third kappa shape index (κ3) is 3.79. The molecule has 0 fully saturated rings. The lowest BCUT2D eigenvalue weighted by molar-refractivity contribution is -0.383. The predicted octanol–water partition coefficient (Wildman–Crippen LogP) is 1.63. The molecule has 3 rings (SSSR count). The summed E-state index contributed by atoms with van der Waals surface area (Å²) in [5.74, 6) is -1.67. The van der Waals surface area contributed by atoms with Crippen molar-refractivity contribution in [2.24, 2.45) is 0 Å². The molecule has 0 aliphatic rings. The summed E-state index contributed by atoms with van der Waals surface area (Å²) in [6.45, 7) is -0.681. The first-order valence-electron chi connectivity index (χ1n) is 7.65. The van der Waals surface area contributed by atoms with Crippen LogP contribution < -0.4 is 10.9 Å². The highest BCUT2D eigenvalue weighted by molar-refractivity contribution is 6.03. The highest BCUT2D eigenvalue weighted by atomic mass is 16.6. The van der Waals surface area contributed by atoms with Crippen molar-refractivity contribution in [3.8, 4) is 0 Å². The number of anilines is 1. The Morgan fingerprint density at radius 2 is 1.78 bits per heavy atom. The van der Waals surface area contributed by atoms with Crippen LogP contribution in [0.2, 0.25) is 0 Å². The number of nitro benzene ring substituents is 1. The Bertz CT molecular complexity index is 1110. The number of nitrogens with one attached hydrogen (secondary N) is 2. The summed E-state index contributed by atoms with van der Waals surface area (Å²) in [7, 11) is 0. The van der Waals surface area contributed by atoms with Crippen molar-refractivity contribution in [3.63, 3.8) is 0 Å². The first-order valence-corrected chi connectivity index (χ1v) is 7.65. The molecule has 2 N–H and O–H groups in total. The number of rotatable bonds is 5. The van der Waals surface area contributed by atoms with Gasteiger partial charge in [-0.25, -0.2) is 9.89 Å². The summed E-state index contributed by atoms with van der Waals surface area (Å²) in [6, 6.07) is 11.9. The Morgan fingerprint density at radius 1 is 1.11 bits per heavy atom. The smallest absolute Gasteiger partial charge is 0.359 e. The Hall–Kier alpha value is -4.08. The molecule has 0 aliphatic carbocycles. The normalized spacial score (nSPS) is 10.4. The molecule has 10 nitrogen and oxygen atoms in total. The van der Waals surface area contributed by atoms with Crippen LogP contribution in [0.25, 0.3) is 10.8 Å². The third-order valence-corrected chi connectivity index (χ3v) is 3.60. The molecule has 3 aromatic rings. The maximum atomic E-state index is 12.2.